The highest BCUT2D eigenvalue weighted by molar-refractivity contribution is 8.01. The van der Waals surface area contributed by atoms with Gasteiger partial charge in [0.05, 0.1) is 15.8 Å². The van der Waals surface area contributed by atoms with Crippen LogP contribution in [0.25, 0.3) is 0 Å². The van der Waals surface area contributed by atoms with Crippen LogP contribution < -0.4 is 10.6 Å². The number of carbonyl (C=O) groups excluding carboxylic acids is 1. The van der Waals surface area contributed by atoms with E-state index in [1.807, 2.05) is 19.9 Å². The van der Waals surface area contributed by atoms with E-state index in [-0.39, 0.29) is 22.9 Å². The highest BCUT2D eigenvalue weighted by atomic mass is 32.2. The van der Waals surface area contributed by atoms with Crippen LogP contribution in [0.3, 0.4) is 0 Å². The molecule has 0 aliphatic carbocycles. The number of rotatable bonds is 5. The summed E-state index contributed by atoms with van der Waals surface area (Å²) in [6.45, 7) is 4.99. The lowest BCUT2D eigenvalue weighted by atomic mass is 10.0. The van der Waals surface area contributed by atoms with Crippen LogP contribution in [0.2, 0.25) is 0 Å². The normalized spacial score (nSPS) is 24.5. The summed E-state index contributed by atoms with van der Waals surface area (Å²) in [4.78, 5) is 12.5. The number of benzene rings is 1. The molecule has 2 saturated heterocycles. The SMILES string of the molecule is CC[C@H](C)NC(=O)[C@@H]1CSC2(CCN(S(=O)(=O)c3ccccc3)CC2)N1. The van der Waals surface area contributed by atoms with Crippen LogP contribution in [0.5, 0.6) is 0 Å². The number of hydrogen-bond acceptors (Lipinski definition) is 5. The molecule has 8 heteroatoms. The van der Waals surface area contributed by atoms with Crippen LogP contribution >= 0.6 is 11.8 Å². The number of thioether (sulfide) groups is 1. The number of sulfonamides is 1. The summed E-state index contributed by atoms with van der Waals surface area (Å²) >= 11 is 1.75. The molecule has 144 valence electrons. The molecule has 1 spiro atoms. The average molecular weight is 398 g/mol. The van der Waals surface area contributed by atoms with Gasteiger partial charge < -0.3 is 5.32 Å². The molecule has 26 heavy (non-hydrogen) atoms. The van der Waals surface area contributed by atoms with Crippen LogP contribution in [-0.4, -0.2) is 54.4 Å². The van der Waals surface area contributed by atoms with Crippen molar-refractivity contribution in [3.05, 3.63) is 30.3 Å². The van der Waals surface area contributed by atoms with Gasteiger partial charge in [-0.3, -0.25) is 10.1 Å². The minimum atomic E-state index is -3.44. The number of amides is 1. The third-order valence-corrected chi connectivity index (χ3v) is 8.68. The molecular weight excluding hydrogens is 370 g/mol. The number of piperidine rings is 1. The number of nitrogens with zero attached hydrogens (tertiary/aromatic N) is 1. The van der Waals surface area contributed by atoms with Gasteiger partial charge in [0.1, 0.15) is 0 Å². The van der Waals surface area contributed by atoms with E-state index in [2.05, 4.69) is 10.6 Å². The molecule has 2 atom stereocenters. The fourth-order valence-corrected chi connectivity index (χ4v) is 6.23. The van der Waals surface area contributed by atoms with Crippen LogP contribution in [0.1, 0.15) is 33.1 Å². The van der Waals surface area contributed by atoms with Crippen LogP contribution in [0.15, 0.2) is 35.2 Å². The van der Waals surface area contributed by atoms with E-state index in [0.717, 1.165) is 12.2 Å². The van der Waals surface area contributed by atoms with Crippen molar-refractivity contribution in [3.63, 3.8) is 0 Å². The molecule has 2 N–H and O–H groups in total. The molecule has 6 nitrogen and oxygen atoms in total. The van der Waals surface area contributed by atoms with Crippen molar-refractivity contribution in [3.8, 4) is 0 Å². The van der Waals surface area contributed by atoms with E-state index in [1.54, 1.807) is 40.3 Å². The minimum Gasteiger partial charge on any atom is -0.352 e. The number of nitrogens with one attached hydrogen (secondary N) is 2. The fraction of sp³-hybridized carbons (Fsp3) is 0.611. The zero-order valence-corrected chi connectivity index (χ0v) is 16.9. The first-order valence-electron chi connectivity index (χ1n) is 9.13. The lowest BCUT2D eigenvalue weighted by Gasteiger charge is -2.38. The van der Waals surface area contributed by atoms with Crippen LogP contribution in [-0.2, 0) is 14.8 Å². The molecular formula is C18H27N3O3S2. The van der Waals surface area contributed by atoms with Gasteiger partial charge in [0.15, 0.2) is 0 Å². The van der Waals surface area contributed by atoms with Crippen molar-refractivity contribution in [2.45, 2.75) is 55.0 Å². The Hall–Kier alpha value is -1.09. The maximum Gasteiger partial charge on any atom is 0.243 e. The molecule has 0 bridgehead atoms. The van der Waals surface area contributed by atoms with Crippen LogP contribution in [0, 0.1) is 0 Å². The Balaban J connectivity index is 1.60. The Labute approximate surface area is 160 Å². The highest BCUT2D eigenvalue weighted by Gasteiger charge is 2.45. The van der Waals surface area contributed by atoms with Crippen molar-refractivity contribution in [2.24, 2.45) is 0 Å². The van der Waals surface area contributed by atoms with E-state index < -0.39 is 10.0 Å². The van der Waals surface area contributed by atoms with Gasteiger partial charge in [-0.2, -0.15) is 4.31 Å². The summed E-state index contributed by atoms with van der Waals surface area (Å²) in [5, 5.41) is 6.50. The van der Waals surface area contributed by atoms with Gasteiger partial charge in [-0.15, -0.1) is 11.8 Å². The molecule has 1 aromatic carbocycles. The van der Waals surface area contributed by atoms with Crippen molar-refractivity contribution in [1.29, 1.82) is 0 Å². The first-order valence-corrected chi connectivity index (χ1v) is 11.6. The van der Waals surface area contributed by atoms with E-state index in [0.29, 0.717) is 30.8 Å². The van der Waals surface area contributed by atoms with Crippen molar-refractivity contribution < 1.29 is 13.2 Å². The largest absolute Gasteiger partial charge is 0.352 e. The summed E-state index contributed by atoms with van der Waals surface area (Å²) in [7, 11) is -3.44. The molecule has 1 aromatic rings. The quantitative estimate of drug-likeness (QED) is 0.792. The zero-order chi connectivity index (χ0) is 18.8. The van der Waals surface area contributed by atoms with Gasteiger partial charge in [-0.25, -0.2) is 8.42 Å². The molecule has 2 aliphatic rings. The first-order chi connectivity index (χ1) is 12.4. The van der Waals surface area contributed by atoms with Gasteiger partial charge in [0, 0.05) is 24.9 Å². The molecule has 1 amide bonds. The summed E-state index contributed by atoms with van der Waals surface area (Å²) in [6.07, 6.45) is 2.32. The van der Waals surface area contributed by atoms with Gasteiger partial charge in [-0.1, -0.05) is 25.1 Å². The Morgan fingerprint density at radius 3 is 2.62 bits per heavy atom. The lowest BCUT2D eigenvalue weighted by molar-refractivity contribution is -0.123. The topological polar surface area (TPSA) is 78.5 Å². The monoisotopic (exact) mass is 397 g/mol. The first kappa shape index (κ1) is 19.7. The van der Waals surface area contributed by atoms with E-state index in [9.17, 15) is 13.2 Å². The van der Waals surface area contributed by atoms with Gasteiger partial charge in [-0.05, 0) is 38.3 Å². The second-order valence-electron chi connectivity index (χ2n) is 7.04. The van der Waals surface area contributed by atoms with E-state index >= 15 is 0 Å². The number of carbonyl (C=O) groups is 1. The van der Waals surface area contributed by atoms with Gasteiger partial charge >= 0.3 is 0 Å². The Morgan fingerprint density at radius 1 is 1.35 bits per heavy atom. The molecule has 0 saturated carbocycles. The molecule has 2 fully saturated rings. The van der Waals surface area contributed by atoms with Crippen LogP contribution in [0.4, 0.5) is 0 Å². The van der Waals surface area contributed by atoms with Crippen molar-refractivity contribution in [2.75, 3.05) is 18.8 Å². The van der Waals surface area contributed by atoms with E-state index in [1.165, 1.54) is 0 Å². The molecule has 2 aliphatic heterocycles. The Bertz CT molecular complexity index is 731. The van der Waals surface area contributed by atoms with Crippen molar-refractivity contribution in [1.82, 2.24) is 14.9 Å². The summed E-state index contributed by atoms with van der Waals surface area (Å²) in [5.74, 6) is 0.774. The molecule has 3 rings (SSSR count). The zero-order valence-electron chi connectivity index (χ0n) is 15.3. The molecule has 2 heterocycles. The molecule has 0 aromatic heterocycles. The van der Waals surface area contributed by atoms with Crippen molar-refractivity contribution >= 4 is 27.7 Å². The molecule has 0 unspecified atom stereocenters. The summed E-state index contributed by atoms with van der Waals surface area (Å²) < 4.78 is 27.1. The third kappa shape index (κ3) is 4.08. The summed E-state index contributed by atoms with van der Waals surface area (Å²) in [5.41, 5.74) is 0. The predicted octanol–water partition coefficient (Wildman–Crippen LogP) is 1.79. The minimum absolute atomic E-state index is 0.0445. The third-order valence-electron chi connectivity index (χ3n) is 5.19. The maximum atomic E-state index is 12.8. The standard InChI is InChI=1S/C18H27N3O3S2/c1-3-14(2)19-17(22)16-13-25-18(20-16)9-11-21(12-10-18)26(23,24)15-7-5-4-6-8-15/h4-8,14,16,20H,3,9-13H2,1-2H3,(H,19,22)/t14-,16-/m0/s1. The smallest absolute Gasteiger partial charge is 0.243 e. The lowest BCUT2D eigenvalue weighted by Crippen LogP contribution is -2.55. The fourth-order valence-electron chi connectivity index (χ4n) is 3.35. The van der Waals surface area contributed by atoms with Gasteiger partial charge in [0.2, 0.25) is 15.9 Å². The predicted molar refractivity (Wildman–Crippen MR) is 104 cm³/mol. The Morgan fingerprint density at radius 2 is 2.00 bits per heavy atom. The number of hydrogen-bond donors (Lipinski definition) is 2. The highest BCUT2D eigenvalue weighted by Crippen LogP contribution is 2.40. The second kappa shape index (κ2) is 7.88. The Kier molecular flexibility index (Phi) is 5.96. The van der Waals surface area contributed by atoms with Gasteiger partial charge in [0.25, 0.3) is 0 Å². The maximum absolute atomic E-state index is 12.8. The molecule has 0 radical (unpaired) electrons. The second-order valence-corrected chi connectivity index (χ2v) is 10.4. The summed E-state index contributed by atoms with van der Waals surface area (Å²) in [6, 6.07) is 8.54. The average Bonchev–Trinajstić information content (AvgIpc) is 3.06. The van der Waals surface area contributed by atoms with E-state index in [4.69, 9.17) is 0 Å².